The lowest BCUT2D eigenvalue weighted by atomic mass is 9.91. The zero-order valence-electron chi connectivity index (χ0n) is 31.0. The molecule has 0 saturated heterocycles. The van der Waals surface area contributed by atoms with Crippen molar-refractivity contribution in [2.75, 3.05) is 20.3 Å². The van der Waals surface area contributed by atoms with E-state index in [1.807, 2.05) is 72.8 Å². The number of nitrogens with one attached hydrogen (secondary N) is 1. The summed E-state index contributed by atoms with van der Waals surface area (Å²) in [6.07, 6.45) is 0. The molecule has 0 fully saturated rings. The van der Waals surface area contributed by atoms with E-state index in [0.717, 1.165) is 61.5 Å². The van der Waals surface area contributed by atoms with E-state index in [9.17, 15) is 14.4 Å². The minimum atomic E-state index is -0.517. The van der Waals surface area contributed by atoms with Crippen LogP contribution in [-0.2, 0) is 14.2 Å². The summed E-state index contributed by atoms with van der Waals surface area (Å²) in [6.45, 7) is 8.14. The van der Waals surface area contributed by atoms with Gasteiger partial charge in [-0.25, -0.2) is 14.4 Å². The van der Waals surface area contributed by atoms with Crippen molar-refractivity contribution in [3.05, 3.63) is 144 Å². The Balaban J connectivity index is 1.59. The Morgan fingerprint density at radius 3 is 1.61 bits per heavy atom. The third-order valence-electron chi connectivity index (χ3n) is 9.79. The summed E-state index contributed by atoms with van der Waals surface area (Å²) < 4.78 is 16.1. The van der Waals surface area contributed by atoms with Gasteiger partial charge < -0.3 is 19.2 Å². The molecule has 0 aliphatic heterocycles. The third-order valence-corrected chi connectivity index (χ3v) is 9.79. The maximum Gasteiger partial charge on any atom is 0.338 e. The average molecular weight is 716 g/mol. The Labute approximate surface area is 315 Å². The molecule has 0 saturated carbocycles. The van der Waals surface area contributed by atoms with Gasteiger partial charge in [-0.15, -0.1) is 0 Å². The molecule has 1 aromatic heterocycles. The number of ether oxygens (including phenoxy) is 3. The van der Waals surface area contributed by atoms with Crippen LogP contribution in [0, 0.1) is 0 Å². The van der Waals surface area contributed by atoms with Crippen molar-refractivity contribution in [2.45, 2.75) is 33.6 Å². The molecule has 7 rings (SSSR count). The van der Waals surface area contributed by atoms with Crippen LogP contribution in [0.25, 0.3) is 67.0 Å². The lowest BCUT2D eigenvalue weighted by Crippen LogP contribution is -2.05. The average Bonchev–Trinajstić information content (AvgIpc) is 3.75. The molecule has 0 atom stereocenters. The van der Waals surface area contributed by atoms with E-state index in [-0.39, 0.29) is 30.3 Å². The van der Waals surface area contributed by atoms with Gasteiger partial charge in [-0.05, 0) is 76.4 Å². The maximum absolute atomic E-state index is 13.4. The molecule has 7 nitrogen and oxygen atoms in total. The molecule has 270 valence electrons. The highest BCUT2D eigenvalue weighted by atomic mass is 16.5. The molecule has 0 radical (unpaired) electrons. The molecule has 4 aliphatic carbocycles. The van der Waals surface area contributed by atoms with Gasteiger partial charge in [0.2, 0.25) is 0 Å². The Bertz CT molecular complexity index is 2370. The number of aromatic nitrogens is 1. The van der Waals surface area contributed by atoms with E-state index in [2.05, 4.69) is 61.3 Å². The fourth-order valence-electron chi connectivity index (χ4n) is 7.22. The van der Waals surface area contributed by atoms with Crippen LogP contribution in [0.5, 0.6) is 0 Å². The van der Waals surface area contributed by atoms with Gasteiger partial charge in [0.05, 0.1) is 48.4 Å². The quantitative estimate of drug-likeness (QED) is 0.112. The van der Waals surface area contributed by atoms with Crippen molar-refractivity contribution in [3.8, 4) is 67.0 Å². The van der Waals surface area contributed by atoms with Crippen LogP contribution in [0.3, 0.4) is 0 Å². The van der Waals surface area contributed by atoms with Crippen LogP contribution in [0.15, 0.2) is 121 Å². The molecule has 1 heterocycles. The van der Waals surface area contributed by atoms with Crippen LogP contribution >= 0.6 is 0 Å². The van der Waals surface area contributed by atoms with E-state index in [4.69, 9.17) is 14.2 Å². The number of benzene rings is 2. The number of hydrogen-bond acceptors (Lipinski definition) is 6. The number of H-pyrrole nitrogens is 1. The van der Waals surface area contributed by atoms with Gasteiger partial charge in [-0.3, -0.25) is 0 Å². The largest absolute Gasteiger partial charge is 0.465 e. The molecule has 1 N–H and O–H groups in total. The van der Waals surface area contributed by atoms with Gasteiger partial charge in [0.25, 0.3) is 0 Å². The van der Waals surface area contributed by atoms with E-state index in [0.29, 0.717) is 16.7 Å². The van der Waals surface area contributed by atoms with Gasteiger partial charge in [-0.2, -0.15) is 0 Å². The van der Waals surface area contributed by atoms with Crippen molar-refractivity contribution in [3.63, 3.8) is 0 Å². The lowest BCUT2D eigenvalue weighted by molar-refractivity contribution is 0.0525. The molecule has 7 heteroatoms. The highest BCUT2D eigenvalue weighted by Crippen LogP contribution is 2.50. The van der Waals surface area contributed by atoms with Crippen molar-refractivity contribution in [1.29, 1.82) is 0 Å². The van der Waals surface area contributed by atoms with E-state index >= 15 is 0 Å². The highest BCUT2D eigenvalue weighted by molar-refractivity contribution is 6.10. The summed E-state index contributed by atoms with van der Waals surface area (Å²) in [4.78, 5) is 43.7. The van der Waals surface area contributed by atoms with Crippen molar-refractivity contribution in [1.82, 2.24) is 4.98 Å². The molecule has 0 bridgehead atoms. The molecule has 54 heavy (non-hydrogen) atoms. The lowest BCUT2D eigenvalue weighted by Gasteiger charge is -2.10. The minimum Gasteiger partial charge on any atom is -0.465 e. The first-order valence-corrected chi connectivity index (χ1v) is 18.2. The minimum absolute atomic E-state index is 0.192. The number of fused-ring (bicyclic) bond motifs is 2. The van der Waals surface area contributed by atoms with Gasteiger partial charge in [0, 0.05) is 16.7 Å². The fraction of sp³-hybridized carbons (Fsp3) is 0.170. The normalized spacial score (nSPS) is 11.2. The van der Waals surface area contributed by atoms with Crippen molar-refractivity contribution < 1.29 is 28.6 Å². The summed E-state index contributed by atoms with van der Waals surface area (Å²) in [5, 5.41) is 0. The first-order chi connectivity index (χ1) is 26.2. The van der Waals surface area contributed by atoms with Crippen LogP contribution < -0.4 is 0 Å². The Morgan fingerprint density at radius 1 is 0.519 bits per heavy atom. The maximum atomic E-state index is 13.4. The highest BCUT2D eigenvalue weighted by Gasteiger charge is 2.30. The standard InChI is InChI=1S/C47H41NO6/c1-6-53-46(50)38-27-39(47(51)54-7-2)35-24-22-30(21-23-34(35)38)42-41(29-15-10-8-11-16-29)43(31-17-12-9-13-18-31)48-44(42)37-26-40(45(49)52-5)36-25-32(28(3)4)19-14-20-33(36)37/h8-28,48H,6-7H2,1-5H3. The van der Waals surface area contributed by atoms with Crippen LogP contribution in [0.1, 0.15) is 70.3 Å². The SMILES string of the molecule is CCOC(=O)c1cc(C(=O)OCC)c2ccc(-c3c(-c4cc(C(=O)OC)c5cc(C(C)C)cccc4-5)[nH]c(-c4ccccc4)c3-c3ccccc3)ccc1-2. The monoisotopic (exact) mass is 715 g/mol. The molecule has 2 aromatic carbocycles. The van der Waals surface area contributed by atoms with E-state index in [1.165, 1.54) is 7.11 Å². The van der Waals surface area contributed by atoms with Gasteiger partial charge in [0.15, 0.2) is 0 Å². The van der Waals surface area contributed by atoms with Gasteiger partial charge >= 0.3 is 17.9 Å². The summed E-state index contributed by atoms with van der Waals surface area (Å²) in [5.74, 6) is -1.22. The number of carbonyl (C=O) groups excluding carboxylic acids is 3. The summed E-state index contributed by atoms with van der Waals surface area (Å²) in [5.41, 5.74) is 12.1. The second kappa shape index (κ2) is 15.2. The van der Waals surface area contributed by atoms with E-state index < -0.39 is 17.9 Å². The fourth-order valence-corrected chi connectivity index (χ4v) is 7.22. The number of aromatic amines is 1. The van der Waals surface area contributed by atoms with Crippen LogP contribution in [-0.4, -0.2) is 43.2 Å². The number of methoxy groups -OCH3 is 1. The summed E-state index contributed by atoms with van der Waals surface area (Å²) in [7, 11) is 1.40. The predicted octanol–water partition coefficient (Wildman–Crippen LogP) is 11.2. The van der Waals surface area contributed by atoms with E-state index in [1.54, 1.807) is 19.9 Å². The summed E-state index contributed by atoms with van der Waals surface area (Å²) in [6, 6.07) is 39.7. The van der Waals surface area contributed by atoms with Gasteiger partial charge in [-0.1, -0.05) is 123 Å². The molecule has 3 aromatic rings. The second-order valence-corrected chi connectivity index (χ2v) is 13.3. The van der Waals surface area contributed by atoms with Crippen molar-refractivity contribution >= 4 is 17.9 Å². The Hall–Kier alpha value is -6.47. The third kappa shape index (κ3) is 6.54. The summed E-state index contributed by atoms with van der Waals surface area (Å²) >= 11 is 0. The first kappa shape index (κ1) is 35.9. The predicted molar refractivity (Wildman–Crippen MR) is 213 cm³/mol. The molecular weight excluding hydrogens is 675 g/mol. The zero-order valence-corrected chi connectivity index (χ0v) is 31.0. The Kier molecular flexibility index (Phi) is 10.1. The molecular formula is C47H41NO6. The van der Waals surface area contributed by atoms with Crippen molar-refractivity contribution in [2.24, 2.45) is 0 Å². The second-order valence-electron chi connectivity index (χ2n) is 13.3. The molecule has 0 unspecified atom stereocenters. The zero-order chi connectivity index (χ0) is 37.9. The molecule has 4 aliphatic rings. The molecule has 0 spiro atoms. The number of esters is 3. The number of hydrogen-bond donors (Lipinski definition) is 1. The number of carbonyl (C=O) groups is 3. The smallest absolute Gasteiger partial charge is 0.338 e. The van der Waals surface area contributed by atoms with Crippen LogP contribution in [0.4, 0.5) is 0 Å². The van der Waals surface area contributed by atoms with Gasteiger partial charge in [0.1, 0.15) is 0 Å². The number of rotatable bonds is 10. The topological polar surface area (TPSA) is 94.7 Å². The molecule has 0 amide bonds. The first-order valence-electron chi connectivity index (χ1n) is 18.2. The Morgan fingerprint density at radius 2 is 1.06 bits per heavy atom. The van der Waals surface area contributed by atoms with Crippen LogP contribution in [0.2, 0.25) is 0 Å².